The van der Waals surface area contributed by atoms with E-state index in [1.165, 1.54) is 44.1 Å². The summed E-state index contributed by atoms with van der Waals surface area (Å²) in [6, 6.07) is 0.648. The first-order valence-corrected chi connectivity index (χ1v) is 8.08. The van der Waals surface area contributed by atoms with Gasteiger partial charge in [-0.2, -0.15) is 5.10 Å². The standard InChI is InChI=1S/C16H29N3/c1-3-10-17-16(15-8-6-5-7-9-15)11-14-12-18-19(4-2)13-14/h12-13,15-17H,3-11H2,1-2H3. The number of hydrogen-bond acceptors (Lipinski definition) is 2. The van der Waals surface area contributed by atoms with Crippen molar-refractivity contribution in [3.05, 3.63) is 18.0 Å². The number of hydrogen-bond donors (Lipinski definition) is 1. The van der Waals surface area contributed by atoms with Crippen molar-refractivity contribution >= 4 is 0 Å². The summed E-state index contributed by atoms with van der Waals surface area (Å²) in [7, 11) is 0. The highest BCUT2D eigenvalue weighted by Gasteiger charge is 2.23. The second-order valence-corrected chi connectivity index (χ2v) is 5.87. The summed E-state index contributed by atoms with van der Waals surface area (Å²) >= 11 is 0. The number of aromatic nitrogens is 2. The minimum absolute atomic E-state index is 0.648. The van der Waals surface area contributed by atoms with Gasteiger partial charge in [0.1, 0.15) is 0 Å². The maximum atomic E-state index is 4.40. The number of aryl methyl sites for hydroxylation is 1. The van der Waals surface area contributed by atoms with Crippen LogP contribution in [0, 0.1) is 5.92 Å². The monoisotopic (exact) mass is 263 g/mol. The van der Waals surface area contributed by atoms with Gasteiger partial charge in [-0.25, -0.2) is 0 Å². The van der Waals surface area contributed by atoms with E-state index in [1.807, 2.05) is 10.9 Å². The Morgan fingerprint density at radius 1 is 1.32 bits per heavy atom. The van der Waals surface area contributed by atoms with Crippen LogP contribution < -0.4 is 5.32 Å². The van der Waals surface area contributed by atoms with E-state index >= 15 is 0 Å². The molecule has 3 heteroatoms. The van der Waals surface area contributed by atoms with Crippen molar-refractivity contribution in [1.82, 2.24) is 15.1 Å². The quantitative estimate of drug-likeness (QED) is 0.817. The Labute approximate surface area is 117 Å². The molecule has 1 aliphatic rings. The van der Waals surface area contributed by atoms with E-state index in [4.69, 9.17) is 0 Å². The molecule has 0 aliphatic heterocycles. The van der Waals surface area contributed by atoms with Crippen LogP contribution in [0.15, 0.2) is 12.4 Å². The first-order valence-electron chi connectivity index (χ1n) is 8.08. The van der Waals surface area contributed by atoms with Gasteiger partial charge in [-0.3, -0.25) is 4.68 Å². The minimum Gasteiger partial charge on any atom is -0.313 e. The second-order valence-electron chi connectivity index (χ2n) is 5.87. The van der Waals surface area contributed by atoms with E-state index in [9.17, 15) is 0 Å². The van der Waals surface area contributed by atoms with E-state index in [2.05, 4.69) is 30.5 Å². The summed E-state index contributed by atoms with van der Waals surface area (Å²) in [5.74, 6) is 0.866. The molecule has 0 radical (unpaired) electrons. The van der Waals surface area contributed by atoms with Gasteiger partial charge in [-0.15, -0.1) is 0 Å². The summed E-state index contributed by atoms with van der Waals surface area (Å²) in [6.07, 6.45) is 13.7. The van der Waals surface area contributed by atoms with E-state index in [-0.39, 0.29) is 0 Å². The molecule has 0 saturated heterocycles. The van der Waals surface area contributed by atoms with Gasteiger partial charge in [-0.1, -0.05) is 26.2 Å². The van der Waals surface area contributed by atoms with Crippen LogP contribution in [0.3, 0.4) is 0 Å². The molecular formula is C16H29N3. The smallest absolute Gasteiger partial charge is 0.0522 e. The van der Waals surface area contributed by atoms with Crippen molar-refractivity contribution in [3.63, 3.8) is 0 Å². The largest absolute Gasteiger partial charge is 0.313 e. The van der Waals surface area contributed by atoms with Crippen LogP contribution in [0.25, 0.3) is 0 Å². The van der Waals surface area contributed by atoms with Gasteiger partial charge in [-0.05, 0) is 50.6 Å². The van der Waals surface area contributed by atoms with E-state index in [0.29, 0.717) is 6.04 Å². The fraction of sp³-hybridized carbons (Fsp3) is 0.812. The fourth-order valence-electron chi connectivity index (χ4n) is 3.21. The second kappa shape index (κ2) is 7.68. The molecule has 19 heavy (non-hydrogen) atoms. The number of rotatable bonds is 7. The zero-order valence-electron chi connectivity index (χ0n) is 12.6. The maximum Gasteiger partial charge on any atom is 0.0522 e. The molecule has 3 nitrogen and oxygen atoms in total. The van der Waals surface area contributed by atoms with Crippen LogP contribution in [-0.2, 0) is 13.0 Å². The first kappa shape index (κ1) is 14.6. The molecule has 108 valence electrons. The summed E-state index contributed by atoms with van der Waals surface area (Å²) in [4.78, 5) is 0. The summed E-state index contributed by atoms with van der Waals surface area (Å²) < 4.78 is 2.03. The lowest BCUT2D eigenvalue weighted by Crippen LogP contribution is -2.39. The Hall–Kier alpha value is -0.830. The molecule has 1 N–H and O–H groups in total. The molecule has 1 aliphatic carbocycles. The molecule has 0 aromatic carbocycles. The van der Waals surface area contributed by atoms with E-state index in [0.717, 1.165) is 25.4 Å². The zero-order valence-corrected chi connectivity index (χ0v) is 12.6. The van der Waals surface area contributed by atoms with Gasteiger partial charge < -0.3 is 5.32 Å². The molecule has 0 spiro atoms. The third-order valence-electron chi connectivity index (χ3n) is 4.34. The zero-order chi connectivity index (χ0) is 13.5. The van der Waals surface area contributed by atoms with Gasteiger partial charge in [0.2, 0.25) is 0 Å². The summed E-state index contributed by atoms with van der Waals surface area (Å²) in [5.41, 5.74) is 1.39. The predicted molar refractivity (Wildman–Crippen MR) is 80.3 cm³/mol. The average Bonchev–Trinajstić information content (AvgIpc) is 2.92. The average molecular weight is 263 g/mol. The van der Waals surface area contributed by atoms with Crippen LogP contribution in [0.4, 0.5) is 0 Å². The van der Waals surface area contributed by atoms with Crippen molar-refractivity contribution < 1.29 is 0 Å². The Morgan fingerprint density at radius 2 is 2.11 bits per heavy atom. The van der Waals surface area contributed by atoms with Crippen molar-refractivity contribution in [1.29, 1.82) is 0 Å². The molecule has 1 unspecified atom stereocenters. The van der Waals surface area contributed by atoms with Gasteiger partial charge in [0.05, 0.1) is 6.20 Å². The van der Waals surface area contributed by atoms with Crippen molar-refractivity contribution in [2.45, 2.75) is 71.4 Å². The fourth-order valence-corrected chi connectivity index (χ4v) is 3.21. The number of nitrogens with one attached hydrogen (secondary N) is 1. The topological polar surface area (TPSA) is 29.9 Å². The highest BCUT2D eigenvalue weighted by molar-refractivity contribution is 5.07. The molecule has 1 atom stereocenters. The molecule has 1 fully saturated rings. The minimum atomic E-state index is 0.648. The molecule has 1 aromatic heterocycles. The van der Waals surface area contributed by atoms with Gasteiger partial charge in [0, 0.05) is 18.8 Å². The van der Waals surface area contributed by atoms with E-state index < -0.39 is 0 Å². The predicted octanol–water partition coefficient (Wildman–Crippen LogP) is 3.39. The Bertz CT molecular complexity index is 353. The van der Waals surface area contributed by atoms with Crippen molar-refractivity contribution in [3.8, 4) is 0 Å². The Morgan fingerprint density at radius 3 is 2.74 bits per heavy atom. The lowest BCUT2D eigenvalue weighted by molar-refractivity contribution is 0.267. The highest BCUT2D eigenvalue weighted by atomic mass is 15.3. The SMILES string of the molecule is CCCNC(Cc1cnn(CC)c1)C1CCCCC1. The maximum absolute atomic E-state index is 4.40. The molecular weight excluding hydrogens is 234 g/mol. The van der Waals surface area contributed by atoms with Gasteiger partial charge in [0.25, 0.3) is 0 Å². The van der Waals surface area contributed by atoms with Crippen LogP contribution in [0.1, 0.15) is 57.9 Å². The van der Waals surface area contributed by atoms with Crippen LogP contribution in [-0.4, -0.2) is 22.4 Å². The molecule has 1 aromatic rings. The molecule has 1 saturated carbocycles. The van der Waals surface area contributed by atoms with Crippen LogP contribution >= 0.6 is 0 Å². The normalized spacial score (nSPS) is 18.6. The molecule has 0 amide bonds. The highest BCUT2D eigenvalue weighted by Crippen LogP contribution is 2.28. The lowest BCUT2D eigenvalue weighted by Gasteiger charge is -2.31. The van der Waals surface area contributed by atoms with Gasteiger partial charge >= 0.3 is 0 Å². The van der Waals surface area contributed by atoms with Crippen LogP contribution in [0.5, 0.6) is 0 Å². The summed E-state index contributed by atoms with van der Waals surface area (Å²) in [5, 5.41) is 8.18. The van der Waals surface area contributed by atoms with Crippen LogP contribution in [0.2, 0.25) is 0 Å². The van der Waals surface area contributed by atoms with E-state index in [1.54, 1.807) is 0 Å². The first-order chi connectivity index (χ1) is 9.33. The van der Waals surface area contributed by atoms with Crippen molar-refractivity contribution in [2.24, 2.45) is 5.92 Å². The molecule has 2 rings (SSSR count). The third kappa shape index (κ3) is 4.34. The summed E-state index contributed by atoms with van der Waals surface area (Å²) in [6.45, 7) is 6.50. The molecule has 1 heterocycles. The van der Waals surface area contributed by atoms with Crippen molar-refractivity contribution in [2.75, 3.05) is 6.54 Å². The van der Waals surface area contributed by atoms with Gasteiger partial charge in [0.15, 0.2) is 0 Å². The number of nitrogens with zero attached hydrogens (tertiary/aromatic N) is 2. The molecule has 0 bridgehead atoms. The lowest BCUT2D eigenvalue weighted by atomic mass is 9.82. The third-order valence-corrected chi connectivity index (χ3v) is 4.34. The Kier molecular flexibility index (Phi) is 5.90. The Balaban J connectivity index is 1.95.